The number of anilines is 1. The molecular formula is C29H28FN7OS. The van der Waals surface area contributed by atoms with E-state index in [1.165, 1.54) is 10.9 Å². The van der Waals surface area contributed by atoms with Gasteiger partial charge in [0.25, 0.3) is 0 Å². The summed E-state index contributed by atoms with van der Waals surface area (Å²) in [6, 6.07) is 11.3. The number of aliphatic hydroxyl groups is 1. The lowest BCUT2D eigenvalue weighted by molar-refractivity contribution is 0.145. The van der Waals surface area contributed by atoms with E-state index in [-0.39, 0.29) is 10.9 Å². The smallest absolute Gasteiger partial charge is 0.178 e. The molecule has 10 heteroatoms. The Labute approximate surface area is 228 Å². The number of fused-ring (bicyclic) bond motifs is 2. The molecule has 0 saturated carbocycles. The predicted octanol–water partition coefficient (Wildman–Crippen LogP) is 6.91. The molecule has 1 aromatic carbocycles. The molecule has 0 saturated heterocycles. The van der Waals surface area contributed by atoms with E-state index in [4.69, 9.17) is 4.98 Å². The molecule has 6 aromatic rings. The highest BCUT2D eigenvalue weighted by Crippen LogP contribution is 2.36. The van der Waals surface area contributed by atoms with Gasteiger partial charge in [-0.3, -0.25) is 10.1 Å². The van der Waals surface area contributed by atoms with Crippen molar-refractivity contribution in [1.29, 1.82) is 0 Å². The van der Waals surface area contributed by atoms with Gasteiger partial charge in [0.1, 0.15) is 17.4 Å². The summed E-state index contributed by atoms with van der Waals surface area (Å²) in [6.07, 6.45) is 4.89. The third kappa shape index (κ3) is 5.00. The van der Waals surface area contributed by atoms with Crippen LogP contribution in [0, 0.1) is 18.2 Å². The summed E-state index contributed by atoms with van der Waals surface area (Å²) >= 11 is 1.70. The maximum absolute atomic E-state index is 15.3. The van der Waals surface area contributed by atoms with Gasteiger partial charge in [-0.05, 0) is 60.7 Å². The molecule has 0 radical (unpaired) electrons. The number of nitrogens with zero attached hydrogens (tertiary/aromatic N) is 4. The fraction of sp³-hybridized carbons (Fsp3) is 0.241. The van der Waals surface area contributed by atoms with Crippen LogP contribution in [0.15, 0.2) is 55.0 Å². The molecule has 5 aromatic heterocycles. The number of benzene rings is 1. The van der Waals surface area contributed by atoms with Gasteiger partial charge in [-0.2, -0.15) is 5.10 Å². The van der Waals surface area contributed by atoms with Crippen LogP contribution >= 0.6 is 11.3 Å². The summed E-state index contributed by atoms with van der Waals surface area (Å²) in [5.41, 5.74) is 5.13. The molecular weight excluding hydrogens is 513 g/mol. The lowest BCUT2D eigenvalue weighted by Crippen LogP contribution is -2.25. The van der Waals surface area contributed by atoms with Crippen molar-refractivity contribution < 1.29 is 9.50 Å². The molecule has 1 unspecified atom stereocenters. The van der Waals surface area contributed by atoms with Crippen molar-refractivity contribution in [3.8, 4) is 33.1 Å². The number of thiophene rings is 1. The van der Waals surface area contributed by atoms with Gasteiger partial charge in [-0.15, -0.1) is 11.3 Å². The molecule has 0 aliphatic rings. The van der Waals surface area contributed by atoms with Gasteiger partial charge < -0.3 is 15.4 Å². The Morgan fingerprint density at radius 1 is 1.10 bits per heavy atom. The average Bonchev–Trinajstić information content (AvgIpc) is 3.60. The van der Waals surface area contributed by atoms with Crippen molar-refractivity contribution >= 4 is 39.1 Å². The van der Waals surface area contributed by atoms with Crippen LogP contribution < -0.4 is 5.32 Å². The van der Waals surface area contributed by atoms with Crippen molar-refractivity contribution in [3.05, 3.63) is 65.7 Å². The van der Waals surface area contributed by atoms with Crippen LogP contribution in [-0.4, -0.2) is 41.5 Å². The SMILES string of the molecule is Cc1ccc(-c2ccnc3nc(-c4[nH]nc5c(F)cc(-c6cncc(NC(O)CC(C)(C)C)c6)cc45)[nH]c23)s1. The standard InChI is InChI=1S/C29H28FN7OS/c1-15-5-6-22(39-15)19-7-8-32-27-25(19)34-28(35-27)26-20-10-16(11-21(30)24(20)36-37-26)17-9-18(14-31-13-17)33-23(38)12-29(2,3)4/h5-11,13-14,23,33,38H,12H2,1-4H3,(H,36,37)(H,32,34,35). The van der Waals surface area contributed by atoms with Crippen LogP contribution in [0.5, 0.6) is 0 Å². The number of imidazole rings is 1. The van der Waals surface area contributed by atoms with Gasteiger partial charge in [0.2, 0.25) is 0 Å². The Bertz CT molecular complexity index is 1810. The van der Waals surface area contributed by atoms with E-state index >= 15 is 4.39 Å². The second kappa shape index (κ2) is 9.55. The fourth-order valence-electron chi connectivity index (χ4n) is 4.74. The molecule has 198 valence electrons. The van der Waals surface area contributed by atoms with E-state index < -0.39 is 12.0 Å². The van der Waals surface area contributed by atoms with Gasteiger partial charge in [-0.25, -0.2) is 14.4 Å². The molecule has 0 amide bonds. The molecule has 5 heterocycles. The zero-order valence-corrected chi connectivity index (χ0v) is 22.8. The maximum Gasteiger partial charge on any atom is 0.178 e. The van der Waals surface area contributed by atoms with E-state index in [0.717, 1.165) is 16.0 Å². The van der Waals surface area contributed by atoms with Gasteiger partial charge in [0, 0.05) is 38.7 Å². The van der Waals surface area contributed by atoms with Crippen LogP contribution in [-0.2, 0) is 0 Å². The molecule has 0 spiro atoms. The Balaban J connectivity index is 1.39. The molecule has 6 rings (SSSR count). The summed E-state index contributed by atoms with van der Waals surface area (Å²) in [7, 11) is 0. The number of hydrogen-bond donors (Lipinski definition) is 4. The third-order valence-corrected chi connectivity index (χ3v) is 7.49. The minimum atomic E-state index is -0.730. The van der Waals surface area contributed by atoms with E-state index in [0.29, 0.717) is 45.8 Å². The van der Waals surface area contributed by atoms with E-state index in [1.807, 2.05) is 18.2 Å². The number of halogens is 1. The van der Waals surface area contributed by atoms with E-state index in [1.54, 1.807) is 29.9 Å². The first-order chi connectivity index (χ1) is 18.6. The highest BCUT2D eigenvalue weighted by atomic mass is 32.1. The highest BCUT2D eigenvalue weighted by molar-refractivity contribution is 7.15. The van der Waals surface area contributed by atoms with Crippen molar-refractivity contribution in [2.75, 3.05) is 5.32 Å². The first-order valence-corrected chi connectivity index (χ1v) is 13.5. The monoisotopic (exact) mass is 541 g/mol. The molecule has 0 aliphatic heterocycles. The average molecular weight is 542 g/mol. The second-order valence-electron chi connectivity index (χ2n) is 10.9. The largest absolute Gasteiger partial charge is 0.374 e. The number of aryl methyl sites for hydroxylation is 1. The highest BCUT2D eigenvalue weighted by Gasteiger charge is 2.20. The van der Waals surface area contributed by atoms with Crippen molar-refractivity contribution in [3.63, 3.8) is 0 Å². The van der Waals surface area contributed by atoms with Crippen molar-refractivity contribution in [1.82, 2.24) is 30.1 Å². The maximum atomic E-state index is 15.3. The topological polar surface area (TPSA) is 115 Å². The van der Waals surface area contributed by atoms with Gasteiger partial charge >= 0.3 is 0 Å². The van der Waals surface area contributed by atoms with Crippen LogP contribution in [0.4, 0.5) is 10.1 Å². The zero-order chi connectivity index (χ0) is 27.3. The van der Waals surface area contributed by atoms with E-state index in [9.17, 15) is 5.11 Å². The van der Waals surface area contributed by atoms with E-state index in [2.05, 4.69) is 70.3 Å². The Kier molecular flexibility index (Phi) is 6.16. The van der Waals surface area contributed by atoms with Crippen LogP contribution in [0.25, 0.3) is 55.2 Å². The summed E-state index contributed by atoms with van der Waals surface area (Å²) in [5.74, 6) is 0.0660. The molecule has 1 atom stereocenters. The van der Waals surface area contributed by atoms with Crippen molar-refractivity contribution in [2.24, 2.45) is 5.41 Å². The summed E-state index contributed by atoms with van der Waals surface area (Å²) < 4.78 is 15.3. The number of rotatable bonds is 6. The van der Waals surface area contributed by atoms with Gasteiger partial charge in [0.05, 0.1) is 17.4 Å². The second-order valence-corrected chi connectivity index (χ2v) is 12.2. The Morgan fingerprint density at radius 3 is 2.72 bits per heavy atom. The number of aromatic nitrogens is 6. The lowest BCUT2D eigenvalue weighted by Gasteiger charge is -2.23. The molecule has 8 nitrogen and oxygen atoms in total. The minimum Gasteiger partial charge on any atom is -0.374 e. The van der Waals surface area contributed by atoms with Crippen LogP contribution in [0.3, 0.4) is 0 Å². The van der Waals surface area contributed by atoms with Gasteiger partial charge in [0.15, 0.2) is 17.3 Å². The number of aliphatic hydroxyl groups excluding tert-OH is 1. The zero-order valence-electron chi connectivity index (χ0n) is 22.0. The third-order valence-electron chi connectivity index (χ3n) is 6.46. The number of H-pyrrole nitrogens is 2. The molecule has 0 bridgehead atoms. The Morgan fingerprint density at radius 2 is 1.95 bits per heavy atom. The number of hydrogen-bond acceptors (Lipinski definition) is 7. The molecule has 0 aliphatic carbocycles. The first-order valence-electron chi connectivity index (χ1n) is 12.6. The molecule has 4 N–H and O–H groups in total. The molecule has 0 fully saturated rings. The number of aromatic amines is 2. The van der Waals surface area contributed by atoms with Crippen molar-refractivity contribution in [2.45, 2.75) is 40.3 Å². The fourth-order valence-corrected chi connectivity index (χ4v) is 5.64. The number of nitrogens with one attached hydrogen (secondary N) is 3. The van der Waals surface area contributed by atoms with Crippen LogP contribution in [0.2, 0.25) is 0 Å². The lowest BCUT2D eigenvalue weighted by atomic mass is 9.91. The first kappa shape index (κ1) is 25.1. The number of pyridine rings is 2. The minimum absolute atomic E-state index is 0.0427. The summed E-state index contributed by atoms with van der Waals surface area (Å²) in [5, 5.41) is 21.3. The normalized spacial score (nSPS) is 12.9. The summed E-state index contributed by atoms with van der Waals surface area (Å²) in [6.45, 7) is 8.27. The van der Waals surface area contributed by atoms with Crippen LogP contribution in [0.1, 0.15) is 32.1 Å². The predicted molar refractivity (Wildman–Crippen MR) is 154 cm³/mol. The Hall–Kier alpha value is -4.15. The quantitative estimate of drug-likeness (QED) is 0.170. The molecule has 39 heavy (non-hydrogen) atoms. The summed E-state index contributed by atoms with van der Waals surface area (Å²) in [4.78, 5) is 19.2. The van der Waals surface area contributed by atoms with Gasteiger partial charge in [-0.1, -0.05) is 20.8 Å².